The molecular weight excluding hydrogens is 170 g/mol. The van der Waals surface area contributed by atoms with E-state index in [2.05, 4.69) is 4.99 Å². The highest BCUT2D eigenvalue weighted by atomic mass is 32.2. The molecule has 0 atom stereocenters. The molecule has 54 valence electrons. The molecule has 0 aromatic rings. The van der Waals surface area contributed by atoms with Gasteiger partial charge in [-0.1, -0.05) is 11.8 Å². The van der Waals surface area contributed by atoms with Crippen molar-refractivity contribution in [2.24, 2.45) is 4.99 Å². The number of methoxy groups -OCH3 is 1. The maximum Gasteiger partial charge on any atom is 0.305 e. The summed E-state index contributed by atoms with van der Waals surface area (Å²) in [6.45, 7) is 0. The number of amides is 1. The van der Waals surface area contributed by atoms with Crippen molar-refractivity contribution in [3.8, 4) is 0 Å². The molecule has 0 fully saturated rings. The van der Waals surface area contributed by atoms with E-state index in [1.165, 1.54) is 7.11 Å². The summed E-state index contributed by atoms with van der Waals surface area (Å²) in [6.07, 6.45) is 0. The van der Waals surface area contributed by atoms with Crippen molar-refractivity contribution in [1.82, 2.24) is 0 Å². The molecule has 0 radical (unpaired) electrons. The third-order valence-corrected chi connectivity index (χ3v) is 2.14. The van der Waals surface area contributed by atoms with Crippen LogP contribution in [0.15, 0.2) is 4.99 Å². The second kappa shape index (κ2) is 3.12. The SMILES string of the molecule is COC(=S)C1=NC(=O)SC1. The van der Waals surface area contributed by atoms with E-state index >= 15 is 0 Å². The van der Waals surface area contributed by atoms with Gasteiger partial charge in [-0.15, -0.1) is 0 Å². The average Bonchev–Trinajstić information content (AvgIpc) is 2.34. The molecule has 1 heterocycles. The van der Waals surface area contributed by atoms with Crippen molar-refractivity contribution >= 4 is 40.0 Å². The summed E-state index contributed by atoms with van der Waals surface area (Å²) in [6, 6.07) is 0. The number of carbonyl (C=O) groups excluding carboxylic acids is 1. The van der Waals surface area contributed by atoms with Gasteiger partial charge in [0.05, 0.1) is 12.9 Å². The number of hydrogen-bond acceptors (Lipinski definition) is 4. The number of thiocarbonyl (C=S) groups is 1. The molecule has 0 saturated heterocycles. The number of thioether (sulfide) groups is 1. The second-order valence-corrected chi connectivity index (χ2v) is 2.90. The van der Waals surface area contributed by atoms with Gasteiger partial charge in [0.25, 0.3) is 0 Å². The Morgan fingerprint density at radius 2 is 2.60 bits per heavy atom. The van der Waals surface area contributed by atoms with Crippen molar-refractivity contribution in [1.29, 1.82) is 0 Å². The Hall–Kier alpha value is -0.420. The highest BCUT2D eigenvalue weighted by Gasteiger charge is 2.18. The van der Waals surface area contributed by atoms with Gasteiger partial charge in [-0.05, 0) is 12.2 Å². The van der Waals surface area contributed by atoms with Crippen LogP contribution in [-0.2, 0) is 4.74 Å². The monoisotopic (exact) mass is 175 g/mol. The first-order valence-electron chi connectivity index (χ1n) is 2.56. The smallest absolute Gasteiger partial charge is 0.305 e. The quantitative estimate of drug-likeness (QED) is 0.562. The summed E-state index contributed by atoms with van der Waals surface area (Å²) in [5.41, 5.74) is 0.576. The summed E-state index contributed by atoms with van der Waals surface area (Å²) in [7, 11) is 1.47. The van der Waals surface area contributed by atoms with E-state index in [-0.39, 0.29) is 5.24 Å². The number of aliphatic imine (C=N–C) groups is 1. The van der Waals surface area contributed by atoms with Crippen molar-refractivity contribution in [3.05, 3.63) is 0 Å². The predicted molar refractivity (Wildman–Crippen MR) is 44.9 cm³/mol. The lowest BCUT2D eigenvalue weighted by Gasteiger charge is -1.96. The topological polar surface area (TPSA) is 38.7 Å². The fraction of sp³-hybridized carbons (Fsp3) is 0.400. The molecule has 0 spiro atoms. The Labute approximate surface area is 67.8 Å². The van der Waals surface area contributed by atoms with E-state index in [1.807, 2.05) is 0 Å². The minimum Gasteiger partial charge on any atom is -0.485 e. The van der Waals surface area contributed by atoms with Crippen molar-refractivity contribution in [2.75, 3.05) is 12.9 Å². The molecule has 0 N–H and O–H groups in total. The lowest BCUT2D eigenvalue weighted by Crippen LogP contribution is -2.12. The van der Waals surface area contributed by atoms with Crippen molar-refractivity contribution in [3.63, 3.8) is 0 Å². The van der Waals surface area contributed by atoms with Crippen LogP contribution in [0.5, 0.6) is 0 Å². The standard InChI is InChI=1S/C5H5NO2S2/c1-8-4(9)3-2-10-5(7)6-3/h2H2,1H3. The van der Waals surface area contributed by atoms with E-state index < -0.39 is 0 Å². The lowest BCUT2D eigenvalue weighted by molar-refractivity contribution is 0.268. The van der Waals surface area contributed by atoms with Crippen LogP contribution in [0.1, 0.15) is 0 Å². The van der Waals surface area contributed by atoms with Crippen molar-refractivity contribution in [2.45, 2.75) is 0 Å². The Morgan fingerprint density at radius 3 is 3.00 bits per heavy atom. The van der Waals surface area contributed by atoms with Crippen LogP contribution in [0.25, 0.3) is 0 Å². The largest absolute Gasteiger partial charge is 0.485 e. The maximum atomic E-state index is 10.5. The van der Waals surface area contributed by atoms with Gasteiger partial charge in [-0.3, -0.25) is 4.79 Å². The molecule has 0 aromatic carbocycles. The fourth-order valence-corrected chi connectivity index (χ4v) is 1.37. The highest BCUT2D eigenvalue weighted by Crippen LogP contribution is 2.14. The minimum atomic E-state index is -0.186. The molecule has 0 saturated carbocycles. The van der Waals surface area contributed by atoms with Gasteiger partial charge in [0.2, 0.25) is 5.05 Å². The molecule has 3 nitrogen and oxygen atoms in total. The van der Waals surface area contributed by atoms with Crippen LogP contribution in [0.2, 0.25) is 0 Å². The van der Waals surface area contributed by atoms with Gasteiger partial charge in [0.1, 0.15) is 5.71 Å². The summed E-state index contributed by atoms with van der Waals surface area (Å²) in [5, 5.41) is 0.132. The zero-order chi connectivity index (χ0) is 7.56. The minimum absolute atomic E-state index is 0.186. The van der Waals surface area contributed by atoms with Gasteiger partial charge < -0.3 is 4.74 Å². The second-order valence-electron chi connectivity index (χ2n) is 1.60. The van der Waals surface area contributed by atoms with Gasteiger partial charge in [0, 0.05) is 0 Å². The first-order chi connectivity index (χ1) is 4.74. The van der Waals surface area contributed by atoms with E-state index in [4.69, 9.17) is 17.0 Å². The first kappa shape index (κ1) is 7.68. The van der Waals surface area contributed by atoms with Crippen LogP contribution in [0.4, 0.5) is 4.79 Å². The Kier molecular flexibility index (Phi) is 2.39. The molecule has 1 amide bonds. The van der Waals surface area contributed by atoms with Gasteiger partial charge in [0.15, 0.2) is 0 Å². The molecule has 0 aliphatic carbocycles. The zero-order valence-electron chi connectivity index (χ0n) is 5.29. The molecule has 0 bridgehead atoms. The number of hydrogen-bond donors (Lipinski definition) is 0. The third kappa shape index (κ3) is 1.54. The van der Waals surface area contributed by atoms with Crippen LogP contribution in [-0.4, -0.2) is 28.9 Å². The van der Waals surface area contributed by atoms with Gasteiger partial charge in [-0.25, -0.2) is 4.99 Å². The summed E-state index contributed by atoms with van der Waals surface area (Å²) < 4.78 is 4.72. The number of carbonyl (C=O) groups is 1. The molecular formula is C5H5NO2S2. The number of rotatable bonds is 1. The van der Waals surface area contributed by atoms with Gasteiger partial charge >= 0.3 is 5.24 Å². The number of nitrogens with zero attached hydrogens (tertiary/aromatic N) is 1. The van der Waals surface area contributed by atoms with Crippen LogP contribution in [0.3, 0.4) is 0 Å². The molecule has 1 rings (SSSR count). The highest BCUT2D eigenvalue weighted by molar-refractivity contribution is 8.14. The fourth-order valence-electron chi connectivity index (χ4n) is 0.527. The Bertz CT molecular complexity index is 212. The normalized spacial score (nSPS) is 16.9. The summed E-state index contributed by atoms with van der Waals surface area (Å²) in [5.74, 6) is 0.547. The predicted octanol–water partition coefficient (Wildman–Crippen LogP) is 1.27. The zero-order valence-corrected chi connectivity index (χ0v) is 6.92. The molecule has 0 aromatic heterocycles. The summed E-state index contributed by atoms with van der Waals surface area (Å²) in [4.78, 5) is 14.2. The van der Waals surface area contributed by atoms with Crippen LogP contribution >= 0.6 is 24.0 Å². The van der Waals surface area contributed by atoms with Crippen LogP contribution in [0, 0.1) is 0 Å². The van der Waals surface area contributed by atoms with E-state index in [1.54, 1.807) is 0 Å². The van der Waals surface area contributed by atoms with Crippen LogP contribution < -0.4 is 0 Å². The third-order valence-electron chi connectivity index (χ3n) is 0.980. The number of ether oxygens (including phenoxy) is 1. The molecule has 1 aliphatic heterocycles. The summed E-state index contributed by atoms with van der Waals surface area (Å²) >= 11 is 5.89. The van der Waals surface area contributed by atoms with E-state index in [9.17, 15) is 4.79 Å². The van der Waals surface area contributed by atoms with E-state index in [0.29, 0.717) is 16.5 Å². The Morgan fingerprint density at radius 1 is 1.90 bits per heavy atom. The first-order valence-corrected chi connectivity index (χ1v) is 3.96. The molecule has 10 heavy (non-hydrogen) atoms. The average molecular weight is 175 g/mol. The van der Waals surface area contributed by atoms with Crippen molar-refractivity contribution < 1.29 is 9.53 Å². The van der Waals surface area contributed by atoms with E-state index in [0.717, 1.165) is 11.8 Å². The molecule has 1 aliphatic rings. The molecule has 5 heteroatoms. The van der Waals surface area contributed by atoms with Gasteiger partial charge in [-0.2, -0.15) is 0 Å². The maximum absolute atomic E-state index is 10.5. The Balaban J connectivity index is 2.66. The lowest BCUT2D eigenvalue weighted by atomic mass is 10.4. The molecule has 0 unspecified atom stereocenters.